The molecule has 0 N–H and O–H groups in total. The summed E-state index contributed by atoms with van der Waals surface area (Å²) < 4.78 is 141. The molecule has 0 bridgehead atoms. The van der Waals surface area contributed by atoms with E-state index in [4.69, 9.17) is 27.7 Å². The van der Waals surface area contributed by atoms with Gasteiger partial charge in [0.15, 0.2) is 0 Å². The Balaban J connectivity index is 0.000000282. The van der Waals surface area contributed by atoms with E-state index < -0.39 is 62.9 Å². The monoisotopic (exact) mass is 773 g/mol. The van der Waals surface area contributed by atoms with Gasteiger partial charge in [0.2, 0.25) is 0 Å². The molecule has 7 aromatic rings. The van der Waals surface area contributed by atoms with Gasteiger partial charge in [0.1, 0.15) is 5.58 Å². The Morgan fingerprint density at radius 1 is 0.795 bits per heavy atom. The largest absolute Gasteiger partial charge is 0.500 e. The molecule has 0 fully saturated rings. The smallest absolute Gasteiger partial charge is 0.124 e. The number of rotatable bonds is 3. The van der Waals surface area contributed by atoms with Crippen molar-refractivity contribution in [2.45, 2.75) is 61.4 Å². The van der Waals surface area contributed by atoms with Gasteiger partial charge in [-0.15, -0.1) is 53.1 Å². The van der Waals surface area contributed by atoms with Crippen LogP contribution in [0.3, 0.4) is 0 Å². The van der Waals surface area contributed by atoms with Crippen LogP contribution in [0.2, 0.25) is 0 Å². The van der Waals surface area contributed by atoms with Gasteiger partial charge in [0, 0.05) is 72.9 Å². The first-order valence-electron chi connectivity index (χ1n) is 21.9. The van der Waals surface area contributed by atoms with Crippen molar-refractivity contribution in [3.63, 3.8) is 0 Å². The number of hydrogen-bond donors (Lipinski definition) is 0. The van der Waals surface area contributed by atoms with Crippen LogP contribution in [0.25, 0.3) is 55.4 Å². The Labute approximate surface area is 297 Å². The second-order valence-corrected chi connectivity index (χ2v) is 11.1. The van der Waals surface area contributed by atoms with Crippen molar-refractivity contribution < 1.29 is 47.8 Å². The molecule has 0 atom stereocenters. The molecule has 0 saturated heterocycles. The van der Waals surface area contributed by atoms with Gasteiger partial charge < -0.3 is 14.4 Å². The molecule has 0 saturated carbocycles. The summed E-state index contributed by atoms with van der Waals surface area (Å²) in [5.41, 5.74) is -0.184. The van der Waals surface area contributed by atoms with E-state index in [1.807, 2.05) is 0 Å². The van der Waals surface area contributed by atoms with Gasteiger partial charge in [0.25, 0.3) is 0 Å². The summed E-state index contributed by atoms with van der Waals surface area (Å²) in [5.74, 6) is 0. The summed E-state index contributed by atoms with van der Waals surface area (Å²) >= 11 is 0. The van der Waals surface area contributed by atoms with Crippen molar-refractivity contribution in [2.75, 3.05) is 0 Å². The molecule has 5 heteroatoms. The molecule has 0 aliphatic heterocycles. The van der Waals surface area contributed by atoms with Crippen LogP contribution in [0.5, 0.6) is 0 Å². The minimum Gasteiger partial charge on any atom is -0.500 e. The minimum atomic E-state index is -3.00. The van der Waals surface area contributed by atoms with Gasteiger partial charge in [-0.05, 0) is 73.2 Å². The van der Waals surface area contributed by atoms with Crippen molar-refractivity contribution >= 4 is 32.8 Å². The molecule has 0 unspecified atom stereocenters. The fraction of sp³-hybridized carbons (Fsp3) is 0.256. The molecule has 0 aliphatic rings. The molecule has 225 valence electrons. The molecule has 44 heavy (non-hydrogen) atoms. The summed E-state index contributed by atoms with van der Waals surface area (Å²) in [6.07, 6.45) is 0.922. The van der Waals surface area contributed by atoms with Gasteiger partial charge >= 0.3 is 0 Å². The van der Waals surface area contributed by atoms with Crippen LogP contribution in [0.15, 0.2) is 71.4 Å². The normalized spacial score (nSPS) is 19.0. The topological polar surface area (TPSA) is 51.8 Å². The van der Waals surface area contributed by atoms with Crippen molar-refractivity contribution in [2.24, 2.45) is 5.41 Å². The maximum atomic E-state index is 8.71. The number of aryl methyl sites for hydroxylation is 5. The first-order valence-corrected chi connectivity index (χ1v) is 13.4. The summed E-state index contributed by atoms with van der Waals surface area (Å²) in [5, 5.41) is 0.460. The third-order valence-electron chi connectivity index (χ3n) is 6.67. The molecule has 0 amide bonds. The zero-order valence-corrected chi connectivity index (χ0v) is 26.3. The van der Waals surface area contributed by atoms with Gasteiger partial charge in [-0.1, -0.05) is 62.3 Å². The predicted octanol–water partition coefficient (Wildman–Crippen LogP) is 10.1. The molecule has 1 radical (unpaired) electrons. The van der Waals surface area contributed by atoms with E-state index in [-0.39, 0.29) is 75.3 Å². The Morgan fingerprint density at radius 3 is 2.32 bits per heavy atom. The van der Waals surface area contributed by atoms with Crippen LogP contribution in [0.1, 0.15) is 77.6 Å². The second-order valence-electron chi connectivity index (χ2n) is 11.1. The van der Waals surface area contributed by atoms with Gasteiger partial charge in [-0.3, -0.25) is 4.98 Å². The molecule has 4 nitrogen and oxygen atoms in total. The van der Waals surface area contributed by atoms with E-state index in [0.29, 0.717) is 16.8 Å². The molecular formula is C39H37IrN3O-2. The zero-order valence-electron chi connectivity index (χ0n) is 40.9. The van der Waals surface area contributed by atoms with Gasteiger partial charge in [-0.2, -0.15) is 0 Å². The SMILES string of the molecule is [2H]C([2H])([2H])c1c[c-]c(-c2ccc(C([2H])([2H])[2H])cn2)cc1.[2H]C([2H])([2H])c1cc2oc3c[c-]c(-c4cc(C([2H])([2H])C(C)(C)C)ccn4)c4c(C([2H])([2H])[2H])c(C([2H])([2H])[2H])c(n1)c2c34.[Ir]. The fourth-order valence-electron chi connectivity index (χ4n) is 4.91. The molecule has 7 rings (SSSR count). The average molecular weight is 773 g/mol. The van der Waals surface area contributed by atoms with E-state index in [1.54, 1.807) is 39.0 Å². The third-order valence-corrected chi connectivity index (χ3v) is 6.67. The summed E-state index contributed by atoms with van der Waals surface area (Å²) in [7, 11) is 0. The van der Waals surface area contributed by atoms with Crippen LogP contribution in [0.4, 0.5) is 0 Å². The summed E-state index contributed by atoms with van der Waals surface area (Å²) in [6, 6.07) is 19.2. The van der Waals surface area contributed by atoms with Crippen LogP contribution >= 0.6 is 0 Å². The Bertz CT molecular complexity index is 2630. The number of pyridine rings is 3. The molecule has 4 heterocycles. The van der Waals surface area contributed by atoms with Gasteiger partial charge in [-0.25, -0.2) is 0 Å². The van der Waals surface area contributed by atoms with Gasteiger partial charge in [0.05, 0.1) is 11.1 Å². The number of nitrogens with zero attached hydrogens (tertiary/aromatic N) is 3. The summed E-state index contributed by atoms with van der Waals surface area (Å²) in [4.78, 5) is 12.6. The van der Waals surface area contributed by atoms with Crippen LogP contribution < -0.4 is 0 Å². The first-order chi connectivity index (χ1) is 27.3. The third kappa shape index (κ3) is 6.17. The van der Waals surface area contributed by atoms with Crippen LogP contribution in [-0.2, 0) is 26.5 Å². The average Bonchev–Trinajstić information content (AvgIpc) is 3.51. The molecule has 3 aromatic carbocycles. The Hall–Kier alpha value is -3.92. The quantitative estimate of drug-likeness (QED) is 0.133. The molecule has 4 aromatic heterocycles. The van der Waals surface area contributed by atoms with E-state index in [0.717, 1.165) is 0 Å². The molecule has 0 spiro atoms. The number of aromatic nitrogens is 3. The maximum absolute atomic E-state index is 8.71. The number of furan rings is 1. The zero-order chi connectivity index (χ0) is 44.8. The number of hydrogen-bond acceptors (Lipinski definition) is 4. The van der Waals surface area contributed by atoms with E-state index in [2.05, 4.69) is 27.1 Å². The number of benzene rings is 3. The van der Waals surface area contributed by atoms with Crippen molar-refractivity contribution in [1.29, 1.82) is 0 Å². The molecular weight excluding hydrogens is 719 g/mol. The van der Waals surface area contributed by atoms with Crippen LogP contribution in [-0.4, -0.2) is 15.0 Å². The fourth-order valence-corrected chi connectivity index (χ4v) is 4.91. The Kier molecular flexibility index (Phi) is 4.56. The Morgan fingerprint density at radius 2 is 1.64 bits per heavy atom. The van der Waals surface area contributed by atoms with Crippen molar-refractivity contribution in [3.8, 4) is 22.5 Å². The van der Waals surface area contributed by atoms with E-state index >= 15 is 0 Å². The summed E-state index contributed by atoms with van der Waals surface area (Å²) in [6.45, 7) is -7.75. The predicted molar refractivity (Wildman–Crippen MR) is 178 cm³/mol. The van der Waals surface area contributed by atoms with Crippen molar-refractivity contribution in [3.05, 3.63) is 113 Å². The van der Waals surface area contributed by atoms with Crippen LogP contribution in [0, 0.1) is 51.8 Å². The minimum absolute atomic E-state index is 0. The van der Waals surface area contributed by atoms with E-state index in [1.165, 1.54) is 48.8 Å². The molecule has 0 aliphatic carbocycles. The second kappa shape index (κ2) is 12.2. The first kappa shape index (κ1) is 16.4. The standard InChI is InChI=1S/C26H25N2O.C13H12N.Ir/c1-14-11-21-24-23-20(29-21)8-7-18(22(23)15(2)16(3)25(24)28-14)19-12-17(9-10-27-19)13-26(4,5)6;1-10-3-6-12(7-4-10)13-8-5-11(2)9-14-13;/h8-12H,13H2,1-6H3;3-6,8-9H,1-2H3;/q2*-1;/i1D3,2D3,3D3,13D2;1D3,2D3;. The maximum Gasteiger partial charge on any atom is 0.124 e. The van der Waals surface area contributed by atoms with Crippen molar-refractivity contribution in [1.82, 2.24) is 15.0 Å². The van der Waals surface area contributed by atoms with E-state index in [9.17, 15) is 0 Å².